The lowest BCUT2D eigenvalue weighted by atomic mass is 10.1. The number of rotatable bonds is 4. The minimum Gasteiger partial charge on any atom is -0.392 e. The standard InChI is InChI=1S/C11H13ClN2O/c1-14(7-3-6-13)11-5-2-4-10(12)9(11)8-15/h2,4-5,15H,3,7-8H2,1H3. The van der Waals surface area contributed by atoms with Gasteiger partial charge in [0.2, 0.25) is 0 Å². The van der Waals surface area contributed by atoms with Gasteiger partial charge in [0.1, 0.15) is 0 Å². The fraction of sp³-hybridized carbons (Fsp3) is 0.364. The number of benzene rings is 1. The molecule has 0 spiro atoms. The van der Waals surface area contributed by atoms with Crippen LogP contribution in [0.1, 0.15) is 12.0 Å². The molecule has 3 nitrogen and oxygen atoms in total. The van der Waals surface area contributed by atoms with Crippen molar-refractivity contribution in [2.75, 3.05) is 18.5 Å². The molecule has 15 heavy (non-hydrogen) atoms. The largest absolute Gasteiger partial charge is 0.392 e. The van der Waals surface area contributed by atoms with Crippen LogP contribution in [0.5, 0.6) is 0 Å². The first kappa shape index (κ1) is 11.8. The molecule has 0 unspecified atom stereocenters. The highest BCUT2D eigenvalue weighted by molar-refractivity contribution is 6.31. The number of nitriles is 1. The van der Waals surface area contributed by atoms with E-state index in [4.69, 9.17) is 16.9 Å². The Morgan fingerprint density at radius 2 is 2.27 bits per heavy atom. The highest BCUT2D eigenvalue weighted by atomic mass is 35.5. The van der Waals surface area contributed by atoms with Gasteiger partial charge in [-0.3, -0.25) is 0 Å². The molecule has 0 saturated carbocycles. The average molecular weight is 225 g/mol. The molecule has 0 bridgehead atoms. The van der Waals surface area contributed by atoms with Crippen molar-refractivity contribution in [1.82, 2.24) is 0 Å². The third kappa shape index (κ3) is 2.85. The fourth-order valence-electron chi connectivity index (χ4n) is 1.40. The minimum atomic E-state index is -0.0914. The summed E-state index contributed by atoms with van der Waals surface area (Å²) in [6.07, 6.45) is 0.452. The molecule has 0 amide bonds. The van der Waals surface area contributed by atoms with Gasteiger partial charge in [-0.1, -0.05) is 17.7 Å². The van der Waals surface area contributed by atoms with E-state index in [0.717, 1.165) is 5.69 Å². The third-order valence-electron chi connectivity index (χ3n) is 2.22. The van der Waals surface area contributed by atoms with Crippen molar-refractivity contribution in [2.45, 2.75) is 13.0 Å². The molecule has 0 radical (unpaired) electrons. The Kier molecular flexibility index (Phi) is 4.41. The summed E-state index contributed by atoms with van der Waals surface area (Å²) in [5.41, 5.74) is 1.58. The quantitative estimate of drug-likeness (QED) is 0.853. The smallest absolute Gasteiger partial charge is 0.0716 e. The van der Waals surface area contributed by atoms with E-state index in [2.05, 4.69) is 6.07 Å². The fourth-order valence-corrected chi connectivity index (χ4v) is 1.63. The summed E-state index contributed by atoms with van der Waals surface area (Å²) in [6, 6.07) is 7.54. The van der Waals surface area contributed by atoms with E-state index >= 15 is 0 Å². The number of hydrogen-bond donors (Lipinski definition) is 1. The summed E-state index contributed by atoms with van der Waals surface area (Å²) in [6.45, 7) is 0.537. The zero-order valence-corrected chi connectivity index (χ0v) is 9.33. The van der Waals surface area contributed by atoms with Crippen molar-refractivity contribution in [2.24, 2.45) is 0 Å². The van der Waals surface area contributed by atoms with Crippen molar-refractivity contribution in [3.8, 4) is 6.07 Å². The van der Waals surface area contributed by atoms with Crippen molar-refractivity contribution >= 4 is 17.3 Å². The molecule has 1 rings (SSSR count). The van der Waals surface area contributed by atoms with Gasteiger partial charge >= 0.3 is 0 Å². The van der Waals surface area contributed by atoms with Crippen LogP contribution < -0.4 is 4.90 Å². The Morgan fingerprint density at radius 1 is 1.53 bits per heavy atom. The van der Waals surface area contributed by atoms with E-state index < -0.39 is 0 Å². The van der Waals surface area contributed by atoms with Crippen LogP contribution >= 0.6 is 11.6 Å². The average Bonchev–Trinajstić information content (AvgIpc) is 2.25. The van der Waals surface area contributed by atoms with Crippen molar-refractivity contribution < 1.29 is 5.11 Å². The van der Waals surface area contributed by atoms with Crippen molar-refractivity contribution in [3.63, 3.8) is 0 Å². The number of halogens is 1. The Labute approximate surface area is 94.5 Å². The molecule has 1 N–H and O–H groups in total. The predicted octanol–water partition coefficient (Wildman–Crippen LogP) is 2.18. The lowest BCUT2D eigenvalue weighted by Crippen LogP contribution is -2.19. The number of hydrogen-bond acceptors (Lipinski definition) is 3. The number of anilines is 1. The molecular formula is C11H13ClN2O. The molecule has 0 saturated heterocycles. The third-order valence-corrected chi connectivity index (χ3v) is 2.58. The van der Waals surface area contributed by atoms with Crippen LogP contribution in [0.4, 0.5) is 5.69 Å². The van der Waals surface area contributed by atoms with Gasteiger partial charge in [0.15, 0.2) is 0 Å². The van der Waals surface area contributed by atoms with Gasteiger partial charge in [0, 0.05) is 29.9 Å². The molecule has 0 fully saturated rings. The first-order valence-corrected chi connectivity index (χ1v) is 5.04. The Bertz CT molecular complexity index is 373. The molecule has 80 valence electrons. The van der Waals surface area contributed by atoms with Crippen LogP contribution in [0, 0.1) is 11.3 Å². The van der Waals surface area contributed by atoms with E-state index in [1.165, 1.54) is 0 Å². The zero-order valence-electron chi connectivity index (χ0n) is 8.57. The molecule has 0 aliphatic heterocycles. The topological polar surface area (TPSA) is 47.3 Å². The maximum atomic E-state index is 9.20. The summed E-state index contributed by atoms with van der Waals surface area (Å²) >= 11 is 5.96. The predicted molar refractivity (Wildman–Crippen MR) is 60.9 cm³/mol. The molecule has 1 aromatic rings. The van der Waals surface area contributed by atoms with E-state index in [1.54, 1.807) is 6.07 Å². The number of aliphatic hydroxyl groups is 1. The second kappa shape index (κ2) is 5.59. The van der Waals surface area contributed by atoms with E-state index in [1.807, 2.05) is 24.1 Å². The molecule has 0 aromatic heterocycles. The van der Waals surface area contributed by atoms with Crippen molar-refractivity contribution in [3.05, 3.63) is 28.8 Å². The normalized spacial score (nSPS) is 9.73. The zero-order chi connectivity index (χ0) is 11.3. The molecule has 1 aromatic carbocycles. The Hall–Kier alpha value is -1.24. The number of nitrogens with zero attached hydrogens (tertiary/aromatic N) is 2. The molecule has 4 heteroatoms. The maximum absolute atomic E-state index is 9.20. The van der Waals surface area contributed by atoms with Gasteiger partial charge < -0.3 is 10.0 Å². The number of aliphatic hydroxyl groups excluding tert-OH is 1. The second-order valence-corrected chi connectivity index (χ2v) is 3.63. The highest BCUT2D eigenvalue weighted by Gasteiger charge is 2.09. The second-order valence-electron chi connectivity index (χ2n) is 3.23. The van der Waals surface area contributed by atoms with Gasteiger partial charge in [-0.15, -0.1) is 0 Å². The maximum Gasteiger partial charge on any atom is 0.0716 e. The van der Waals surface area contributed by atoms with Crippen LogP contribution in [0.15, 0.2) is 18.2 Å². The molecule has 0 aliphatic carbocycles. The summed E-state index contributed by atoms with van der Waals surface area (Å²) in [7, 11) is 1.88. The van der Waals surface area contributed by atoms with Gasteiger partial charge in [-0.05, 0) is 12.1 Å². The van der Waals surface area contributed by atoms with E-state index in [0.29, 0.717) is 23.6 Å². The SMILES string of the molecule is CN(CCC#N)c1cccc(Cl)c1CO. The monoisotopic (exact) mass is 224 g/mol. The van der Waals surface area contributed by atoms with Gasteiger partial charge in [0.05, 0.1) is 19.1 Å². The summed E-state index contributed by atoms with van der Waals surface area (Å²) in [4.78, 5) is 1.92. The molecule has 0 atom stereocenters. The van der Waals surface area contributed by atoms with Gasteiger partial charge in [-0.2, -0.15) is 5.26 Å². The summed E-state index contributed by atoms with van der Waals surface area (Å²) in [5, 5.41) is 18.2. The first-order valence-electron chi connectivity index (χ1n) is 4.67. The Morgan fingerprint density at radius 3 is 2.87 bits per heavy atom. The summed E-state index contributed by atoms with van der Waals surface area (Å²) < 4.78 is 0. The molecule has 0 aliphatic rings. The van der Waals surface area contributed by atoms with E-state index in [-0.39, 0.29) is 6.61 Å². The highest BCUT2D eigenvalue weighted by Crippen LogP contribution is 2.26. The van der Waals surface area contributed by atoms with Crippen LogP contribution in [0.25, 0.3) is 0 Å². The van der Waals surface area contributed by atoms with Crippen molar-refractivity contribution in [1.29, 1.82) is 5.26 Å². The van der Waals surface area contributed by atoms with Crippen LogP contribution in [-0.4, -0.2) is 18.7 Å². The van der Waals surface area contributed by atoms with E-state index in [9.17, 15) is 5.11 Å². The van der Waals surface area contributed by atoms with Crippen LogP contribution in [-0.2, 0) is 6.61 Å². The first-order chi connectivity index (χ1) is 7.20. The van der Waals surface area contributed by atoms with Gasteiger partial charge in [-0.25, -0.2) is 0 Å². The van der Waals surface area contributed by atoms with Crippen LogP contribution in [0.2, 0.25) is 5.02 Å². The molecular weight excluding hydrogens is 212 g/mol. The minimum absolute atomic E-state index is 0.0914. The van der Waals surface area contributed by atoms with Crippen LogP contribution in [0.3, 0.4) is 0 Å². The molecule has 0 heterocycles. The summed E-state index contributed by atoms with van der Waals surface area (Å²) in [5.74, 6) is 0. The lowest BCUT2D eigenvalue weighted by molar-refractivity contribution is 0.282. The van der Waals surface area contributed by atoms with Gasteiger partial charge in [0.25, 0.3) is 0 Å². The Balaban J connectivity index is 2.93. The lowest BCUT2D eigenvalue weighted by Gasteiger charge is -2.21.